The van der Waals surface area contributed by atoms with Crippen LogP contribution in [0.1, 0.15) is 12.8 Å². The third-order valence-corrected chi connectivity index (χ3v) is 5.02. The van der Waals surface area contributed by atoms with Crippen LogP contribution in [0.15, 0.2) is 45.5 Å². The molecule has 0 saturated heterocycles. The maximum Gasteiger partial charge on any atom is 0.254 e. The van der Waals surface area contributed by atoms with Gasteiger partial charge in [-0.05, 0) is 12.2 Å². The molecule has 10 nitrogen and oxygen atoms in total. The first-order valence-corrected chi connectivity index (χ1v) is 7.55. The van der Waals surface area contributed by atoms with Crippen molar-refractivity contribution in [3.63, 3.8) is 0 Å². The van der Waals surface area contributed by atoms with Gasteiger partial charge in [0.1, 0.15) is 22.7 Å². The van der Waals surface area contributed by atoms with Gasteiger partial charge in [0.2, 0.25) is 9.84 Å². The molecule has 0 bridgehead atoms. The smallest absolute Gasteiger partial charge is 0.254 e. The summed E-state index contributed by atoms with van der Waals surface area (Å²) in [7, 11) is -4.49. The summed E-state index contributed by atoms with van der Waals surface area (Å²) < 4.78 is 24.7. The molecule has 2 aliphatic rings. The van der Waals surface area contributed by atoms with Crippen LogP contribution in [-0.2, 0) is 19.4 Å². The van der Waals surface area contributed by atoms with E-state index >= 15 is 0 Å². The number of hydrogen-bond donors (Lipinski definition) is 0. The highest BCUT2D eigenvalue weighted by Crippen LogP contribution is 2.28. The van der Waals surface area contributed by atoms with Crippen molar-refractivity contribution in [3.8, 4) is 0 Å². The first-order chi connectivity index (χ1) is 10.6. The molecule has 0 aromatic carbocycles. The second-order valence-corrected chi connectivity index (χ2v) is 6.48. The average molecular weight is 340 g/mol. The number of nitro groups is 2. The molecule has 2 rings (SSSR count). The quantitative estimate of drug-likeness (QED) is 0.527. The highest BCUT2D eigenvalue weighted by molar-refractivity contribution is 8.00. The van der Waals surface area contributed by atoms with Crippen molar-refractivity contribution in [3.05, 3.63) is 65.7 Å². The SMILES string of the molecule is O=C1CC([N+](=O)[O-])=CC=C1S(=O)(=O)C1=CC=C([N+](=O)[O-])CC1=O. The van der Waals surface area contributed by atoms with E-state index in [0.717, 1.165) is 24.3 Å². The molecular formula is C12H8N2O8S. The van der Waals surface area contributed by atoms with E-state index in [-0.39, 0.29) is 0 Å². The molecule has 0 radical (unpaired) electrons. The van der Waals surface area contributed by atoms with Crippen LogP contribution in [-0.4, -0.2) is 29.8 Å². The van der Waals surface area contributed by atoms with Gasteiger partial charge in [0.15, 0.2) is 11.6 Å². The summed E-state index contributed by atoms with van der Waals surface area (Å²) in [6.45, 7) is 0. The molecule has 0 heterocycles. The Kier molecular flexibility index (Phi) is 4.06. The van der Waals surface area contributed by atoms with Crippen LogP contribution < -0.4 is 0 Å². The van der Waals surface area contributed by atoms with Crippen molar-refractivity contribution >= 4 is 21.4 Å². The number of hydrogen-bond acceptors (Lipinski definition) is 8. The van der Waals surface area contributed by atoms with E-state index in [0.29, 0.717) is 0 Å². The lowest BCUT2D eigenvalue weighted by Crippen LogP contribution is -2.25. The second-order valence-electron chi connectivity index (χ2n) is 4.60. The molecule has 0 atom stereocenters. The minimum Gasteiger partial charge on any atom is -0.293 e. The zero-order valence-corrected chi connectivity index (χ0v) is 12.1. The summed E-state index contributed by atoms with van der Waals surface area (Å²) in [5.74, 6) is -2.03. The first-order valence-electron chi connectivity index (χ1n) is 6.06. The van der Waals surface area contributed by atoms with E-state index in [1.807, 2.05) is 0 Å². The summed E-state index contributed by atoms with van der Waals surface area (Å²) in [6.07, 6.45) is 1.85. The summed E-state index contributed by atoms with van der Waals surface area (Å²) in [5.41, 5.74) is -0.929. The molecule has 0 aromatic rings. The molecule has 0 fully saturated rings. The Balaban J connectivity index is 2.48. The van der Waals surface area contributed by atoms with E-state index in [1.54, 1.807) is 0 Å². The maximum absolute atomic E-state index is 12.3. The number of allylic oxidation sites excluding steroid dienone is 8. The molecule has 0 amide bonds. The number of nitrogens with zero attached hydrogens (tertiary/aromatic N) is 2. The largest absolute Gasteiger partial charge is 0.293 e. The van der Waals surface area contributed by atoms with Crippen LogP contribution >= 0.6 is 0 Å². The van der Waals surface area contributed by atoms with Gasteiger partial charge in [0.05, 0.1) is 9.85 Å². The number of carbonyl (C=O) groups excluding carboxylic acids is 2. The van der Waals surface area contributed by atoms with Crippen LogP contribution in [0.4, 0.5) is 0 Å². The highest BCUT2D eigenvalue weighted by Gasteiger charge is 2.38. The Morgan fingerprint density at radius 3 is 1.39 bits per heavy atom. The third kappa shape index (κ3) is 2.99. The predicted molar refractivity (Wildman–Crippen MR) is 74.5 cm³/mol. The topological polar surface area (TPSA) is 155 Å². The Hall–Kier alpha value is -2.95. The molecular weight excluding hydrogens is 332 g/mol. The highest BCUT2D eigenvalue weighted by atomic mass is 32.2. The Labute approximate surface area is 128 Å². The molecule has 0 N–H and O–H groups in total. The van der Waals surface area contributed by atoms with Gasteiger partial charge in [-0.15, -0.1) is 0 Å². The molecule has 0 unspecified atom stereocenters. The van der Waals surface area contributed by atoms with Crippen molar-refractivity contribution in [2.75, 3.05) is 0 Å². The fourth-order valence-electron chi connectivity index (χ4n) is 2.00. The monoisotopic (exact) mass is 340 g/mol. The van der Waals surface area contributed by atoms with Crippen molar-refractivity contribution < 1.29 is 27.9 Å². The standard InChI is InChI=1S/C12H8N2O8S/c15-9-5-7(13(17)18)1-3-11(9)23(21,22)12-4-2-8(14(19)20)6-10(12)16/h1-4H,5-6H2. The Morgan fingerprint density at radius 2 is 1.13 bits per heavy atom. The lowest BCUT2D eigenvalue weighted by Gasteiger charge is -2.13. The van der Waals surface area contributed by atoms with Crippen LogP contribution in [0, 0.1) is 20.2 Å². The number of rotatable bonds is 4. The summed E-state index contributed by atoms with van der Waals surface area (Å²) in [6, 6.07) is 0. The number of sulfone groups is 1. The lowest BCUT2D eigenvalue weighted by molar-refractivity contribution is -0.426. The second kappa shape index (κ2) is 5.68. The van der Waals surface area contributed by atoms with E-state index in [2.05, 4.69) is 0 Å². The summed E-state index contributed by atoms with van der Waals surface area (Å²) in [5, 5.41) is 21.2. The van der Waals surface area contributed by atoms with E-state index in [4.69, 9.17) is 0 Å². The number of carbonyl (C=O) groups is 2. The van der Waals surface area contributed by atoms with Crippen LogP contribution in [0.2, 0.25) is 0 Å². The van der Waals surface area contributed by atoms with Gasteiger partial charge >= 0.3 is 0 Å². The number of ketones is 2. The van der Waals surface area contributed by atoms with E-state index < -0.39 is 65.3 Å². The van der Waals surface area contributed by atoms with Gasteiger partial charge in [-0.1, -0.05) is 0 Å². The van der Waals surface area contributed by atoms with Crippen molar-refractivity contribution in [1.82, 2.24) is 0 Å². The Morgan fingerprint density at radius 1 is 0.783 bits per heavy atom. The van der Waals surface area contributed by atoms with Crippen molar-refractivity contribution in [2.45, 2.75) is 12.8 Å². The zero-order chi connectivity index (χ0) is 17.4. The predicted octanol–water partition coefficient (Wildman–Crippen LogP) is 0.436. The van der Waals surface area contributed by atoms with Gasteiger partial charge in [-0.25, -0.2) is 8.42 Å². The minimum atomic E-state index is -4.49. The molecule has 0 aromatic heterocycles. The van der Waals surface area contributed by atoms with Gasteiger partial charge in [0, 0.05) is 12.2 Å². The zero-order valence-electron chi connectivity index (χ0n) is 11.3. The van der Waals surface area contributed by atoms with Crippen LogP contribution in [0.5, 0.6) is 0 Å². The molecule has 11 heteroatoms. The van der Waals surface area contributed by atoms with Gasteiger partial charge in [-0.2, -0.15) is 0 Å². The average Bonchev–Trinajstić information content (AvgIpc) is 2.46. The van der Waals surface area contributed by atoms with Crippen LogP contribution in [0.25, 0.3) is 0 Å². The maximum atomic E-state index is 12.3. The molecule has 23 heavy (non-hydrogen) atoms. The molecule has 2 aliphatic carbocycles. The first kappa shape index (κ1) is 16.4. The van der Waals surface area contributed by atoms with Crippen molar-refractivity contribution in [2.24, 2.45) is 0 Å². The fraction of sp³-hybridized carbons (Fsp3) is 0.167. The van der Waals surface area contributed by atoms with Crippen molar-refractivity contribution in [1.29, 1.82) is 0 Å². The molecule has 0 spiro atoms. The Bertz CT molecular complexity index is 807. The molecule has 120 valence electrons. The number of Topliss-reactive ketones (excluding diaryl/α,β-unsaturated/α-hetero) is 2. The van der Waals surface area contributed by atoms with E-state index in [1.165, 1.54) is 0 Å². The summed E-state index contributed by atoms with van der Waals surface area (Å²) >= 11 is 0. The lowest BCUT2D eigenvalue weighted by atomic mass is 10.1. The molecule has 0 saturated carbocycles. The van der Waals surface area contributed by atoms with Crippen LogP contribution in [0.3, 0.4) is 0 Å². The van der Waals surface area contributed by atoms with Gasteiger partial charge in [0.25, 0.3) is 11.4 Å². The van der Waals surface area contributed by atoms with Gasteiger partial charge in [-0.3, -0.25) is 29.8 Å². The van der Waals surface area contributed by atoms with Gasteiger partial charge < -0.3 is 0 Å². The molecule has 0 aliphatic heterocycles. The van der Waals surface area contributed by atoms with E-state index in [9.17, 15) is 38.2 Å². The normalized spacial score (nSPS) is 18.6. The third-order valence-electron chi connectivity index (χ3n) is 3.14. The summed E-state index contributed by atoms with van der Waals surface area (Å²) in [4.78, 5) is 41.7. The minimum absolute atomic E-state index is 0.464. The fourth-order valence-corrected chi connectivity index (χ4v) is 3.47.